The topological polar surface area (TPSA) is 57.0 Å². The first-order valence-corrected chi connectivity index (χ1v) is 10.9. The van der Waals surface area contributed by atoms with Crippen LogP contribution in [-0.4, -0.2) is 60.9 Å². The molecule has 1 atom stereocenters. The van der Waals surface area contributed by atoms with Crippen LogP contribution >= 0.6 is 0 Å². The van der Waals surface area contributed by atoms with Crippen molar-refractivity contribution in [2.24, 2.45) is 5.92 Å². The lowest BCUT2D eigenvalue weighted by atomic mass is 9.95. The summed E-state index contributed by atoms with van der Waals surface area (Å²) in [5.74, 6) is 1.45. The number of aryl methyl sites for hydroxylation is 3. The van der Waals surface area contributed by atoms with Crippen LogP contribution in [0.15, 0.2) is 34.7 Å². The maximum Gasteiger partial charge on any atom is 0.257 e. The summed E-state index contributed by atoms with van der Waals surface area (Å²) in [5, 5.41) is 0. The normalized spacial score (nSPS) is 19.8. The number of rotatable bonds is 3. The number of nitrogens with zero attached hydrogens (tertiary/aromatic N) is 3. The molecule has 160 valence electrons. The summed E-state index contributed by atoms with van der Waals surface area (Å²) in [4.78, 5) is 32.3. The van der Waals surface area contributed by atoms with E-state index in [0.717, 1.165) is 44.8 Å². The molecule has 6 heteroatoms. The van der Waals surface area contributed by atoms with Gasteiger partial charge in [0.15, 0.2) is 0 Å². The Morgan fingerprint density at radius 1 is 0.967 bits per heavy atom. The lowest BCUT2D eigenvalue weighted by Crippen LogP contribution is -2.53. The molecule has 30 heavy (non-hydrogen) atoms. The fraction of sp³-hybridized carbons (Fsp3) is 0.500. The summed E-state index contributed by atoms with van der Waals surface area (Å²) in [5.41, 5.74) is 3.14. The number of piperazine rings is 1. The van der Waals surface area contributed by atoms with Crippen LogP contribution in [0.4, 0.5) is 5.69 Å². The monoisotopic (exact) mass is 409 g/mol. The van der Waals surface area contributed by atoms with Gasteiger partial charge in [0.1, 0.15) is 11.5 Å². The summed E-state index contributed by atoms with van der Waals surface area (Å²) in [7, 11) is 0. The molecule has 2 fully saturated rings. The van der Waals surface area contributed by atoms with Crippen molar-refractivity contribution < 1.29 is 14.0 Å². The van der Waals surface area contributed by atoms with Gasteiger partial charge in [-0.2, -0.15) is 0 Å². The van der Waals surface area contributed by atoms with E-state index in [0.29, 0.717) is 24.4 Å². The van der Waals surface area contributed by atoms with Crippen LogP contribution in [0.25, 0.3) is 0 Å². The Bertz CT molecular complexity index is 928. The molecule has 0 bridgehead atoms. The molecule has 2 aromatic rings. The van der Waals surface area contributed by atoms with Crippen molar-refractivity contribution in [2.75, 3.05) is 44.2 Å². The van der Waals surface area contributed by atoms with Gasteiger partial charge in [-0.3, -0.25) is 9.59 Å². The summed E-state index contributed by atoms with van der Waals surface area (Å²) in [6, 6.07) is 10.2. The molecule has 1 aromatic heterocycles. The Hall–Kier alpha value is -2.76. The van der Waals surface area contributed by atoms with E-state index in [9.17, 15) is 9.59 Å². The highest BCUT2D eigenvalue weighted by atomic mass is 16.3. The van der Waals surface area contributed by atoms with E-state index in [1.807, 2.05) is 23.6 Å². The Kier molecular flexibility index (Phi) is 5.84. The summed E-state index contributed by atoms with van der Waals surface area (Å²) >= 11 is 0. The molecule has 4 rings (SSSR count). The minimum atomic E-state index is -0.110. The van der Waals surface area contributed by atoms with Crippen LogP contribution in [0.3, 0.4) is 0 Å². The second-order valence-corrected chi connectivity index (χ2v) is 8.52. The van der Waals surface area contributed by atoms with Crippen LogP contribution in [0.1, 0.15) is 40.3 Å². The average Bonchev–Trinajstić information content (AvgIpc) is 3.11. The van der Waals surface area contributed by atoms with Gasteiger partial charge in [-0.15, -0.1) is 0 Å². The van der Waals surface area contributed by atoms with Crippen molar-refractivity contribution in [3.8, 4) is 0 Å². The third-order valence-corrected chi connectivity index (χ3v) is 6.38. The number of piperidine rings is 1. The van der Waals surface area contributed by atoms with Gasteiger partial charge in [0.25, 0.3) is 5.91 Å². The van der Waals surface area contributed by atoms with Crippen molar-refractivity contribution >= 4 is 17.5 Å². The molecule has 2 amide bonds. The van der Waals surface area contributed by atoms with Gasteiger partial charge in [-0.25, -0.2) is 0 Å². The second-order valence-electron chi connectivity index (χ2n) is 8.52. The van der Waals surface area contributed by atoms with Gasteiger partial charge in [-0.05, 0) is 51.3 Å². The smallest absolute Gasteiger partial charge is 0.257 e. The van der Waals surface area contributed by atoms with Crippen LogP contribution < -0.4 is 4.90 Å². The third kappa shape index (κ3) is 4.09. The van der Waals surface area contributed by atoms with E-state index in [-0.39, 0.29) is 17.7 Å². The Morgan fingerprint density at radius 3 is 2.37 bits per heavy atom. The van der Waals surface area contributed by atoms with Crippen molar-refractivity contribution in [3.63, 3.8) is 0 Å². The number of benzene rings is 1. The highest BCUT2D eigenvalue weighted by Crippen LogP contribution is 2.25. The lowest BCUT2D eigenvalue weighted by molar-refractivity contribution is -0.137. The molecule has 0 saturated carbocycles. The Morgan fingerprint density at radius 2 is 1.70 bits per heavy atom. The Balaban J connectivity index is 1.36. The highest BCUT2D eigenvalue weighted by Gasteiger charge is 2.33. The number of hydrogen-bond donors (Lipinski definition) is 0. The third-order valence-electron chi connectivity index (χ3n) is 6.38. The fourth-order valence-electron chi connectivity index (χ4n) is 4.72. The van der Waals surface area contributed by atoms with Crippen LogP contribution in [0.5, 0.6) is 0 Å². The molecule has 1 aromatic carbocycles. The number of hydrogen-bond acceptors (Lipinski definition) is 4. The quantitative estimate of drug-likeness (QED) is 0.780. The van der Waals surface area contributed by atoms with E-state index in [1.54, 1.807) is 6.07 Å². The molecular formula is C24H31N3O3. The zero-order valence-electron chi connectivity index (χ0n) is 18.2. The van der Waals surface area contributed by atoms with Crippen molar-refractivity contribution in [2.45, 2.75) is 33.6 Å². The summed E-state index contributed by atoms with van der Waals surface area (Å²) in [6.45, 7) is 10.2. The van der Waals surface area contributed by atoms with E-state index in [4.69, 9.17) is 4.42 Å². The first kappa shape index (κ1) is 20.5. The zero-order valence-corrected chi connectivity index (χ0v) is 18.2. The predicted molar refractivity (Wildman–Crippen MR) is 117 cm³/mol. The van der Waals surface area contributed by atoms with Crippen LogP contribution in [0.2, 0.25) is 0 Å². The number of carbonyl (C=O) groups is 2. The number of likely N-dealkylation sites (tertiary alicyclic amines) is 1. The standard InChI is InChI=1S/C24H31N3O3/c1-17-7-4-5-9-22(17)25-11-13-26(14-12-25)23(28)20-8-6-10-27(16-20)24(29)21-15-18(2)30-19(21)3/h4-5,7,9,15,20H,6,8,10-14,16H2,1-3H3. The molecule has 0 spiro atoms. The van der Waals surface area contributed by atoms with Crippen molar-refractivity contribution in [1.82, 2.24) is 9.80 Å². The molecule has 0 aliphatic carbocycles. The number of anilines is 1. The predicted octanol–water partition coefficient (Wildman–Crippen LogP) is 3.41. The van der Waals surface area contributed by atoms with Gasteiger partial charge in [0, 0.05) is 45.0 Å². The SMILES string of the molecule is Cc1cc(C(=O)N2CCCC(C(=O)N3CCN(c4ccccc4C)CC3)C2)c(C)o1. The minimum absolute atomic E-state index is 0.0220. The average molecular weight is 410 g/mol. The molecule has 0 radical (unpaired) electrons. The van der Waals surface area contributed by atoms with Gasteiger partial charge < -0.3 is 19.1 Å². The van der Waals surface area contributed by atoms with Crippen LogP contribution in [-0.2, 0) is 4.79 Å². The molecule has 2 saturated heterocycles. The molecule has 0 N–H and O–H groups in total. The van der Waals surface area contributed by atoms with E-state index < -0.39 is 0 Å². The number of para-hydroxylation sites is 1. The van der Waals surface area contributed by atoms with Crippen molar-refractivity contribution in [1.29, 1.82) is 0 Å². The summed E-state index contributed by atoms with van der Waals surface area (Å²) < 4.78 is 5.52. The maximum absolute atomic E-state index is 13.2. The van der Waals surface area contributed by atoms with Gasteiger partial charge in [0.05, 0.1) is 11.5 Å². The van der Waals surface area contributed by atoms with E-state index in [1.165, 1.54) is 11.3 Å². The second kappa shape index (κ2) is 8.54. The maximum atomic E-state index is 13.2. The first-order valence-electron chi connectivity index (χ1n) is 10.9. The fourth-order valence-corrected chi connectivity index (χ4v) is 4.72. The lowest BCUT2D eigenvalue weighted by Gasteiger charge is -2.40. The highest BCUT2D eigenvalue weighted by molar-refractivity contribution is 5.95. The van der Waals surface area contributed by atoms with Gasteiger partial charge >= 0.3 is 0 Å². The van der Waals surface area contributed by atoms with Gasteiger partial charge in [-0.1, -0.05) is 18.2 Å². The van der Waals surface area contributed by atoms with Crippen LogP contribution in [0, 0.1) is 26.7 Å². The first-order chi connectivity index (χ1) is 14.4. The Labute approximate surface area is 178 Å². The van der Waals surface area contributed by atoms with Crippen molar-refractivity contribution in [3.05, 3.63) is 53.0 Å². The molecular weight excluding hydrogens is 378 g/mol. The molecule has 2 aliphatic rings. The largest absolute Gasteiger partial charge is 0.466 e. The van der Waals surface area contributed by atoms with Gasteiger partial charge in [0.2, 0.25) is 5.91 Å². The molecule has 6 nitrogen and oxygen atoms in total. The zero-order chi connectivity index (χ0) is 21.3. The molecule has 3 heterocycles. The summed E-state index contributed by atoms with van der Waals surface area (Å²) in [6.07, 6.45) is 1.71. The number of amides is 2. The minimum Gasteiger partial charge on any atom is -0.466 e. The van der Waals surface area contributed by atoms with E-state index in [2.05, 4.69) is 36.1 Å². The number of furan rings is 1. The van der Waals surface area contributed by atoms with E-state index >= 15 is 0 Å². The number of carbonyl (C=O) groups excluding carboxylic acids is 2. The molecule has 1 unspecified atom stereocenters. The molecule has 2 aliphatic heterocycles.